The van der Waals surface area contributed by atoms with Gasteiger partial charge in [-0.1, -0.05) is 18.2 Å². The van der Waals surface area contributed by atoms with Crippen molar-refractivity contribution in [3.05, 3.63) is 47.9 Å². The molecule has 22 heavy (non-hydrogen) atoms. The van der Waals surface area contributed by atoms with E-state index in [2.05, 4.69) is 15.3 Å². The first kappa shape index (κ1) is 14.5. The minimum atomic E-state index is -3.29. The minimum absolute atomic E-state index is 0.00902. The standard InChI is InChI=1S/C14H14N4O3S/c15-13-12(16-6-7-17-13)14(19)18-10-5-8-22(20,21)11-4-2-1-3-9(10)11/h1-4,6-7,10H,5,8H2,(H2,15,17)(H,18,19)/t10-/m1/s1. The number of nitrogens with one attached hydrogen (secondary N) is 1. The zero-order valence-corrected chi connectivity index (χ0v) is 12.4. The van der Waals surface area contributed by atoms with Gasteiger partial charge >= 0.3 is 0 Å². The second-order valence-corrected chi connectivity index (χ2v) is 7.04. The van der Waals surface area contributed by atoms with E-state index in [1.165, 1.54) is 12.4 Å². The van der Waals surface area contributed by atoms with Crippen molar-refractivity contribution < 1.29 is 13.2 Å². The van der Waals surface area contributed by atoms with Crippen molar-refractivity contribution in [2.24, 2.45) is 0 Å². The maximum Gasteiger partial charge on any atom is 0.274 e. The topological polar surface area (TPSA) is 115 Å². The molecule has 1 aliphatic rings. The maximum absolute atomic E-state index is 12.3. The number of fused-ring (bicyclic) bond motifs is 1. The number of anilines is 1. The third-order valence-corrected chi connectivity index (χ3v) is 5.37. The number of sulfone groups is 1. The average Bonchev–Trinajstić information content (AvgIpc) is 2.51. The summed E-state index contributed by atoms with van der Waals surface area (Å²) in [6.07, 6.45) is 3.09. The van der Waals surface area contributed by atoms with Gasteiger partial charge in [0.1, 0.15) is 0 Å². The molecule has 3 N–H and O–H groups in total. The van der Waals surface area contributed by atoms with Gasteiger partial charge in [0.15, 0.2) is 21.3 Å². The molecule has 2 aromatic rings. The molecular weight excluding hydrogens is 304 g/mol. The summed E-state index contributed by atoms with van der Waals surface area (Å²) < 4.78 is 24.1. The molecule has 2 heterocycles. The molecule has 7 nitrogen and oxygen atoms in total. The predicted molar refractivity (Wildman–Crippen MR) is 79.8 cm³/mol. The van der Waals surface area contributed by atoms with Crippen molar-refractivity contribution >= 4 is 21.6 Å². The van der Waals surface area contributed by atoms with Gasteiger partial charge in [0, 0.05) is 12.4 Å². The molecule has 0 saturated carbocycles. The average molecular weight is 318 g/mol. The molecule has 0 spiro atoms. The van der Waals surface area contributed by atoms with Crippen molar-refractivity contribution in [3.8, 4) is 0 Å². The van der Waals surface area contributed by atoms with E-state index in [-0.39, 0.29) is 22.2 Å². The van der Waals surface area contributed by atoms with Crippen LogP contribution in [0.4, 0.5) is 5.82 Å². The van der Waals surface area contributed by atoms with Crippen molar-refractivity contribution in [1.29, 1.82) is 0 Å². The summed E-state index contributed by atoms with van der Waals surface area (Å²) in [5, 5.41) is 2.78. The molecule has 1 atom stereocenters. The molecule has 1 aromatic carbocycles. The van der Waals surface area contributed by atoms with E-state index < -0.39 is 21.8 Å². The summed E-state index contributed by atoms with van der Waals surface area (Å²) in [6.45, 7) is 0. The Morgan fingerprint density at radius 2 is 1.95 bits per heavy atom. The summed E-state index contributed by atoms with van der Waals surface area (Å²) in [4.78, 5) is 20.3. The van der Waals surface area contributed by atoms with Crippen molar-refractivity contribution in [1.82, 2.24) is 15.3 Å². The number of carbonyl (C=O) groups excluding carboxylic acids is 1. The summed E-state index contributed by atoms with van der Waals surface area (Å²) in [6, 6.07) is 6.28. The largest absolute Gasteiger partial charge is 0.382 e. The second-order valence-electron chi connectivity index (χ2n) is 4.96. The smallest absolute Gasteiger partial charge is 0.274 e. The third kappa shape index (κ3) is 2.52. The first-order valence-corrected chi connectivity index (χ1v) is 8.33. The quantitative estimate of drug-likeness (QED) is 0.842. The minimum Gasteiger partial charge on any atom is -0.382 e. The monoisotopic (exact) mass is 318 g/mol. The molecule has 8 heteroatoms. The first-order chi connectivity index (χ1) is 10.5. The normalized spacial score (nSPS) is 19.2. The van der Waals surface area contributed by atoms with E-state index >= 15 is 0 Å². The van der Waals surface area contributed by atoms with Crippen LogP contribution in [0.25, 0.3) is 0 Å². The van der Waals surface area contributed by atoms with Crippen LogP contribution in [-0.4, -0.2) is 30.0 Å². The van der Waals surface area contributed by atoms with Crippen LogP contribution in [0.1, 0.15) is 28.5 Å². The number of nitrogens with zero attached hydrogens (tertiary/aromatic N) is 2. The van der Waals surface area contributed by atoms with Crippen LogP contribution in [0.3, 0.4) is 0 Å². The molecule has 1 aliphatic heterocycles. The zero-order chi connectivity index (χ0) is 15.7. The highest BCUT2D eigenvalue weighted by atomic mass is 32.2. The Morgan fingerprint density at radius 1 is 1.23 bits per heavy atom. The van der Waals surface area contributed by atoms with Crippen LogP contribution < -0.4 is 11.1 Å². The van der Waals surface area contributed by atoms with Crippen molar-refractivity contribution in [2.75, 3.05) is 11.5 Å². The molecule has 3 rings (SSSR count). The first-order valence-electron chi connectivity index (χ1n) is 6.68. The number of hydrogen-bond acceptors (Lipinski definition) is 6. The number of hydrogen-bond donors (Lipinski definition) is 2. The Balaban J connectivity index is 1.91. The fourth-order valence-corrected chi connectivity index (χ4v) is 4.11. The van der Waals surface area contributed by atoms with Crippen LogP contribution in [0.5, 0.6) is 0 Å². The van der Waals surface area contributed by atoms with E-state index in [1.807, 2.05) is 0 Å². The lowest BCUT2D eigenvalue weighted by Gasteiger charge is -2.26. The number of amides is 1. The summed E-state index contributed by atoms with van der Waals surface area (Å²) >= 11 is 0. The van der Waals surface area contributed by atoms with Crippen molar-refractivity contribution in [3.63, 3.8) is 0 Å². The number of rotatable bonds is 2. The maximum atomic E-state index is 12.3. The van der Waals surface area contributed by atoms with Crippen LogP contribution in [0.2, 0.25) is 0 Å². The van der Waals surface area contributed by atoms with E-state index in [0.717, 1.165) is 0 Å². The van der Waals surface area contributed by atoms with Crippen LogP contribution in [0, 0.1) is 0 Å². The number of carbonyl (C=O) groups is 1. The molecular formula is C14H14N4O3S. The van der Waals surface area contributed by atoms with Crippen LogP contribution in [0.15, 0.2) is 41.6 Å². The SMILES string of the molecule is Nc1nccnc1C(=O)N[C@@H]1CCS(=O)(=O)c2ccccc21. The van der Waals surface area contributed by atoms with Gasteiger partial charge in [0.2, 0.25) is 0 Å². The highest BCUT2D eigenvalue weighted by Gasteiger charge is 2.31. The Bertz CT molecular complexity index is 835. The molecule has 0 bridgehead atoms. The lowest BCUT2D eigenvalue weighted by molar-refractivity contribution is 0.0930. The summed E-state index contributed by atoms with van der Waals surface area (Å²) in [5.74, 6) is -0.438. The van der Waals surface area contributed by atoms with Gasteiger partial charge in [-0.3, -0.25) is 4.79 Å². The number of benzene rings is 1. The van der Waals surface area contributed by atoms with E-state index in [9.17, 15) is 13.2 Å². The Morgan fingerprint density at radius 3 is 2.73 bits per heavy atom. The van der Waals surface area contributed by atoms with Crippen molar-refractivity contribution in [2.45, 2.75) is 17.4 Å². The zero-order valence-electron chi connectivity index (χ0n) is 11.6. The van der Waals surface area contributed by atoms with Gasteiger partial charge < -0.3 is 11.1 Å². The molecule has 0 saturated heterocycles. The Kier molecular flexibility index (Phi) is 3.53. The lowest BCUT2D eigenvalue weighted by atomic mass is 10.0. The highest BCUT2D eigenvalue weighted by Crippen LogP contribution is 2.32. The van der Waals surface area contributed by atoms with Gasteiger partial charge in [-0.25, -0.2) is 18.4 Å². The van der Waals surface area contributed by atoms with Gasteiger partial charge in [0.25, 0.3) is 5.91 Å². The van der Waals surface area contributed by atoms with E-state index in [0.29, 0.717) is 12.0 Å². The summed E-state index contributed by atoms with van der Waals surface area (Å²) in [7, 11) is -3.29. The molecule has 0 unspecified atom stereocenters. The summed E-state index contributed by atoms with van der Waals surface area (Å²) in [5.41, 5.74) is 6.26. The van der Waals surface area contributed by atoms with E-state index in [1.54, 1.807) is 24.3 Å². The molecule has 1 aromatic heterocycles. The van der Waals surface area contributed by atoms with Crippen LogP contribution >= 0.6 is 0 Å². The molecule has 0 radical (unpaired) electrons. The fourth-order valence-electron chi connectivity index (χ4n) is 2.49. The van der Waals surface area contributed by atoms with Gasteiger partial charge in [-0.15, -0.1) is 0 Å². The van der Waals surface area contributed by atoms with E-state index in [4.69, 9.17) is 5.73 Å². The predicted octanol–water partition coefficient (Wildman–Crippen LogP) is 0.707. The molecule has 0 aliphatic carbocycles. The van der Waals surface area contributed by atoms with Crippen LogP contribution in [-0.2, 0) is 9.84 Å². The molecule has 1 amide bonds. The Hall–Kier alpha value is -2.48. The van der Waals surface area contributed by atoms with Gasteiger partial charge in [-0.2, -0.15) is 0 Å². The Labute approximate surface area is 127 Å². The number of nitrogen functional groups attached to an aromatic ring is 1. The van der Waals surface area contributed by atoms with Gasteiger partial charge in [0.05, 0.1) is 16.7 Å². The number of aromatic nitrogens is 2. The number of nitrogens with two attached hydrogens (primary N) is 1. The lowest BCUT2D eigenvalue weighted by Crippen LogP contribution is -2.34. The fraction of sp³-hybridized carbons (Fsp3) is 0.214. The second kappa shape index (κ2) is 5.38. The third-order valence-electron chi connectivity index (χ3n) is 3.55. The molecule has 0 fully saturated rings. The van der Waals surface area contributed by atoms with Gasteiger partial charge in [-0.05, 0) is 18.1 Å². The molecule has 114 valence electrons. The highest BCUT2D eigenvalue weighted by molar-refractivity contribution is 7.91.